The Balaban J connectivity index is 1.91. The Kier molecular flexibility index (Phi) is 7.64. The van der Waals surface area contributed by atoms with E-state index >= 15 is 0 Å². The van der Waals surface area contributed by atoms with Crippen LogP contribution in [0.1, 0.15) is 27.7 Å². The Labute approximate surface area is 162 Å². The summed E-state index contributed by atoms with van der Waals surface area (Å²) in [4.78, 5) is 28.1. The number of hydrogen-bond donors (Lipinski definition) is 2. The van der Waals surface area contributed by atoms with Gasteiger partial charge in [-0.1, -0.05) is 27.7 Å². The zero-order chi connectivity index (χ0) is 20.2. The lowest BCUT2D eigenvalue weighted by Crippen LogP contribution is -2.58. The number of rotatable bonds is 8. The minimum absolute atomic E-state index is 0.0206. The Morgan fingerprint density at radius 1 is 0.852 bits per heavy atom. The quantitative estimate of drug-likeness (QED) is 0.558. The molecule has 9 heteroatoms. The lowest BCUT2D eigenvalue weighted by atomic mass is 10.00. The molecule has 0 bridgehead atoms. The second-order valence-corrected chi connectivity index (χ2v) is 10.5. The van der Waals surface area contributed by atoms with Crippen LogP contribution in [0.2, 0.25) is 0 Å². The standard InChI is InChI=1S/C18H34N4O4S/c1-13(2)15-17(23)19-5-7-21(15)9-11-27(25,26)12-10-22-8-6-20-18(24)16(22)14(3)4/h13-16H,5-12H2,1-4H3,(H,19,23)(H,20,24). The lowest BCUT2D eigenvalue weighted by molar-refractivity contribution is -0.131. The third-order valence-electron chi connectivity index (χ3n) is 5.36. The van der Waals surface area contributed by atoms with Crippen LogP contribution in [-0.2, 0) is 19.4 Å². The molecular weight excluding hydrogens is 368 g/mol. The number of piperazine rings is 2. The van der Waals surface area contributed by atoms with Crippen molar-refractivity contribution in [3.8, 4) is 0 Å². The molecule has 0 aromatic carbocycles. The Hall–Kier alpha value is -1.19. The number of carbonyl (C=O) groups excluding carboxylic acids is 2. The highest BCUT2D eigenvalue weighted by atomic mass is 32.2. The molecule has 0 spiro atoms. The van der Waals surface area contributed by atoms with E-state index in [0.717, 1.165) is 0 Å². The first-order valence-corrected chi connectivity index (χ1v) is 11.7. The lowest BCUT2D eigenvalue weighted by Gasteiger charge is -2.38. The molecule has 2 heterocycles. The summed E-state index contributed by atoms with van der Waals surface area (Å²) in [5, 5.41) is 5.71. The molecule has 8 nitrogen and oxygen atoms in total. The van der Waals surface area contributed by atoms with Gasteiger partial charge in [0.05, 0.1) is 23.6 Å². The maximum atomic E-state index is 12.6. The van der Waals surface area contributed by atoms with Crippen LogP contribution < -0.4 is 10.6 Å². The van der Waals surface area contributed by atoms with Gasteiger partial charge in [-0.2, -0.15) is 0 Å². The molecule has 2 amide bonds. The van der Waals surface area contributed by atoms with Gasteiger partial charge in [-0.3, -0.25) is 19.4 Å². The number of sulfone groups is 1. The summed E-state index contributed by atoms with van der Waals surface area (Å²) in [5.74, 6) is 0.296. The van der Waals surface area contributed by atoms with Crippen LogP contribution >= 0.6 is 0 Å². The van der Waals surface area contributed by atoms with E-state index in [1.807, 2.05) is 37.5 Å². The Bertz CT molecular complexity index is 587. The monoisotopic (exact) mass is 402 g/mol. The highest BCUT2D eigenvalue weighted by molar-refractivity contribution is 7.91. The molecule has 2 atom stereocenters. The van der Waals surface area contributed by atoms with E-state index in [1.165, 1.54) is 0 Å². The number of nitrogens with zero attached hydrogens (tertiary/aromatic N) is 2. The topological polar surface area (TPSA) is 98.8 Å². The van der Waals surface area contributed by atoms with Gasteiger partial charge in [0.25, 0.3) is 0 Å². The summed E-state index contributed by atoms with van der Waals surface area (Å²) in [6, 6.07) is -0.546. The van der Waals surface area contributed by atoms with Crippen molar-refractivity contribution in [2.45, 2.75) is 39.8 Å². The van der Waals surface area contributed by atoms with Crippen molar-refractivity contribution in [1.82, 2.24) is 20.4 Å². The van der Waals surface area contributed by atoms with Gasteiger partial charge in [-0.15, -0.1) is 0 Å². The molecule has 0 saturated carbocycles. The van der Waals surface area contributed by atoms with E-state index in [-0.39, 0.29) is 47.2 Å². The van der Waals surface area contributed by atoms with Crippen LogP contribution in [0.5, 0.6) is 0 Å². The van der Waals surface area contributed by atoms with E-state index in [0.29, 0.717) is 39.3 Å². The van der Waals surface area contributed by atoms with E-state index in [2.05, 4.69) is 10.6 Å². The van der Waals surface area contributed by atoms with Crippen LogP contribution in [0.15, 0.2) is 0 Å². The van der Waals surface area contributed by atoms with Crippen LogP contribution in [-0.4, -0.2) is 92.9 Å². The van der Waals surface area contributed by atoms with Gasteiger partial charge >= 0.3 is 0 Å². The predicted molar refractivity (Wildman–Crippen MR) is 105 cm³/mol. The van der Waals surface area contributed by atoms with Crippen LogP contribution in [0.3, 0.4) is 0 Å². The molecule has 2 fully saturated rings. The molecule has 27 heavy (non-hydrogen) atoms. The molecule has 2 saturated heterocycles. The zero-order valence-electron chi connectivity index (χ0n) is 16.9. The van der Waals surface area contributed by atoms with Crippen molar-refractivity contribution in [2.75, 3.05) is 50.8 Å². The first-order valence-electron chi connectivity index (χ1n) is 9.86. The van der Waals surface area contributed by atoms with Gasteiger partial charge in [0.1, 0.15) is 0 Å². The van der Waals surface area contributed by atoms with Crippen LogP contribution in [0.4, 0.5) is 0 Å². The summed E-state index contributed by atoms with van der Waals surface area (Å²) < 4.78 is 25.2. The summed E-state index contributed by atoms with van der Waals surface area (Å²) in [7, 11) is -3.26. The number of carbonyl (C=O) groups is 2. The van der Waals surface area contributed by atoms with Crippen molar-refractivity contribution in [3.05, 3.63) is 0 Å². The smallest absolute Gasteiger partial charge is 0.237 e. The van der Waals surface area contributed by atoms with E-state index in [9.17, 15) is 18.0 Å². The molecule has 0 aromatic rings. The van der Waals surface area contributed by atoms with Gasteiger partial charge in [0.2, 0.25) is 11.8 Å². The van der Waals surface area contributed by atoms with Gasteiger partial charge in [-0.05, 0) is 11.8 Å². The molecule has 2 unspecified atom stereocenters. The first-order chi connectivity index (χ1) is 12.6. The summed E-state index contributed by atoms with van der Waals surface area (Å²) in [6.45, 7) is 11.1. The molecule has 0 radical (unpaired) electrons. The molecule has 2 N–H and O–H groups in total. The summed E-state index contributed by atoms with van der Waals surface area (Å²) >= 11 is 0. The number of nitrogens with one attached hydrogen (secondary N) is 2. The maximum absolute atomic E-state index is 12.6. The average molecular weight is 403 g/mol. The first kappa shape index (κ1) is 22.1. The van der Waals surface area contributed by atoms with E-state index in [4.69, 9.17) is 0 Å². The van der Waals surface area contributed by atoms with Gasteiger partial charge in [0.15, 0.2) is 9.84 Å². The largest absolute Gasteiger partial charge is 0.353 e. The molecule has 156 valence electrons. The minimum Gasteiger partial charge on any atom is -0.353 e. The Morgan fingerprint density at radius 2 is 1.22 bits per heavy atom. The van der Waals surface area contributed by atoms with Gasteiger partial charge < -0.3 is 10.6 Å². The van der Waals surface area contributed by atoms with Gasteiger partial charge in [-0.25, -0.2) is 8.42 Å². The normalized spacial score (nSPS) is 25.7. The van der Waals surface area contributed by atoms with Crippen LogP contribution in [0, 0.1) is 11.8 Å². The van der Waals surface area contributed by atoms with Crippen molar-refractivity contribution in [2.24, 2.45) is 11.8 Å². The fourth-order valence-corrected chi connectivity index (χ4v) is 5.26. The molecule has 2 aliphatic heterocycles. The number of amides is 2. The van der Waals surface area contributed by atoms with E-state index < -0.39 is 9.84 Å². The van der Waals surface area contributed by atoms with Gasteiger partial charge in [0, 0.05) is 39.3 Å². The molecule has 0 aromatic heterocycles. The van der Waals surface area contributed by atoms with Crippen LogP contribution in [0.25, 0.3) is 0 Å². The van der Waals surface area contributed by atoms with Crippen molar-refractivity contribution >= 4 is 21.7 Å². The third kappa shape index (κ3) is 5.89. The second-order valence-electron chi connectivity index (χ2n) is 8.18. The molecule has 2 aliphatic rings. The second kappa shape index (κ2) is 9.34. The Morgan fingerprint density at radius 3 is 1.56 bits per heavy atom. The maximum Gasteiger partial charge on any atom is 0.237 e. The predicted octanol–water partition coefficient (Wildman–Crippen LogP) is -0.686. The fraction of sp³-hybridized carbons (Fsp3) is 0.889. The summed E-state index contributed by atoms with van der Waals surface area (Å²) in [5.41, 5.74) is 0. The number of hydrogen-bond acceptors (Lipinski definition) is 6. The summed E-state index contributed by atoms with van der Waals surface area (Å²) in [6.07, 6.45) is 0. The van der Waals surface area contributed by atoms with Crippen molar-refractivity contribution in [1.29, 1.82) is 0 Å². The minimum atomic E-state index is -3.26. The average Bonchev–Trinajstić information content (AvgIpc) is 2.57. The molecule has 0 aliphatic carbocycles. The van der Waals surface area contributed by atoms with Crippen molar-refractivity contribution < 1.29 is 18.0 Å². The van der Waals surface area contributed by atoms with E-state index in [1.54, 1.807) is 0 Å². The highest BCUT2D eigenvalue weighted by Gasteiger charge is 2.34. The third-order valence-corrected chi connectivity index (χ3v) is 6.97. The van der Waals surface area contributed by atoms with Crippen molar-refractivity contribution in [3.63, 3.8) is 0 Å². The molecule has 2 rings (SSSR count). The molecular formula is C18H34N4O4S. The highest BCUT2D eigenvalue weighted by Crippen LogP contribution is 2.16. The SMILES string of the molecule is CC(C)C1C(=O)NCCN1CCS(=O)(=O)CCN1CCNC(=O)C1C(C)C. The zero-order valence-corrected chi connectivity index (χ0v) is 17.7. The fourth-order valence-electron chi connectivity index (χ4n) is 4.03.